The molecule has 0 saturated carbocycles. The zero-order chi connectivity index (χ0) is 15.6. The maximum Gasteiger partial charge on any atom is 0.325 e. The summed E-state index contributed by atoms with van der Waals surface area (Å²) in [4.78, 5) is 25.8. The molecule has 1 atom stereocenters. The van der Waals surface area contributed by atoms with Crippen molar-refractivity contribution < 1.29 is 14.3 Å². The van der Waals surface area contributed by atoms with E-state index in [2.05, 4.69) is 5.32 Å². The highest BCUT2D eigenvalue weighted by atomic mass is 35.5. The number of urea groups is 1. The highest BCUT2D eigenvalue weighted by Gasteiger charge is 2.48. The van der Waals surface area contributed by atoms with Crippen LogP contribution in [0.2, 0.25) is 5.02 Å². The van der Waals surface area contributed by atoms with E-state index < -0.39 is 11.6 Å². The van der Waals surface area contributed by atoms with Crippen LogP contribution in [0.4, 0.5) is 4.79 Å². The Hall–Kier alpha value is -1.59. The first-order valence-electron chi connectivity index (χ1n) is 6.86. The van der Waals surface area contributed by atoms with Gasteiger partial charge in [0.1, 0.15) is 5.54 Å². The van der Waals surface area contributed by atoms with Crippen LogP contribution < -0.4 is 5.32 Å². The van der Waals surface area contributed by atoms with E-state index in [1.165, 1.54) is 4.90 Å². The van der Waals surface area contributed by atoms with Crippen LogP contribution in [0.3, 0.4) is 0 Å². The lowest BCUT2D eigenvalue weighted by atomic mass is 9.92. The Labute approximate surface area is 129 Å². The van der Waals surface area contributed by atoms with Gasteiger partial charge >= 0.3 is 6.03 Å². The predicted molar refractivity (Wildman–Crippen MR) is 80.1 cm³/mol. The minimum Gasteiger partial charge on any atom is -0.377 e. The Kier molecular flexibility index (Phi) is 4.54. The van der Waals surface area contributed by atoms with Crippen molar-refractivity contribution in [3.05, 3.63) is 34.9 Å². The molecule has 3 amide bonds. The molecule has 0 bridgehead atoms. The molecular weight excluding hydrogens is 292 g/mol. The van der Waals surface area contributed by atoms with E-state index in [0.29, 0.717) is 17.2 Å². The maximum absolute atomic E-state index is 12.6. The summed E-state index contributed by atoms with van der Waals surface area (Å²) in [6.07, 6.45) is 0.0633. The van der Waals surface area contributed by atoms with Gasteiger partial charge in [-0.05, 0) is 38.5 Å². The normalized spacial score (nSPS) is 22.0. The van der Waals surface area contributed by atoms with Crippen molar-refractivity contribution in [1.82, 2.24) is 10.2 Å². The SMILES string of the molecule is CC(C)OCCN1C(=O)NC(C)(c2ccc(Cl)cc2)C1=O. The molecular formula is C15H19ClN2O3. The highest BCUT2D eigenvalue weighted by molar-refractivity contribution is 6.30. The zero-order valence-corrected chi connectivity index (χ0v) is 13.1. The van der Waals surface area contributed by atoms with Gasteiger partial charge in [-0.1, -0.05) is 23.7 Å². The number of ether oxygens (including phenoxy) is 1. The molecule has 0 aliphatic carbocycles. The molecule has 0 aromatic heterocycles. The molecule has 0 radical (unpaired) electrons. The van der Waals surface area contributed by atoms with Gasteiger partial charge in [-0.3, -0.25) is 9.69 Å². The van der Waals surface area contributed by atoms with Crippen molar-refractivity contribution >= 4 is 23.5 Å². The van der Waals surface area contributed by atoms with Gasteiger partial charge in [-0.15, -0.1) is 0 Å². The first-order valence-corrected chi connectivity index (χ1v) is 7.24. The molecule has 1 aromatic rings. The quantitative estimate of drug-likeness (QED) is 0.850. The Bertz CT molecular complexity index is 544. The molecule has 1 aromatic carbocycles. The summed E-state index contributed by atoms with van der Waals surface area (Å²) in [5.74, 6) is -0.276. The number of imide groups is 1. The zero-order valence-electron chi connectivity index (χ0n) is 12.4. The molecule has 21 heavy (non-hydrogen) atoms. The molecule has 114 valence electrons. The molecule has 1 saturated heterocycles. The van der Waals surface area contributed by atoms with Crippen molar-refractivity contribution in [2.24, 2.45) is 0 Å². The number of hydrogen-bond acceptors (Lipinski definition) is 3. The molecule has 5 nitrogen and oxygen atoms in total. The van der Waals surface area contributed by atoms with E-state index in [1.807, 2.05) is 13.8 Å². The number of amides is 3. The van der Waals surface area contributed by atoms with E-state index in [0.717, 1.165) is 0 Å². The minimum absolute atomic E-state index is 0.0633. The van der Waals surface area contributed by atoms with E-state index in [4.69, 9.17) is 16.3 Å². The van der Waals surface area contributed by atoms with E-state index in [-0.39, 0.29) is 18.6 Å². The van der Waals surface area contributed by atoms with Gasteiger partial charge in [-0.2, -0.15) is 0 Å². The van der Waals surface area contributed by atoms with Gasteiger partial charge in [0.15, 0.2) is 0 Å². The summed E-state index contributed by atoms with van der Waals surface area (Å²) in [5, 5.41) is 3.33. The van der Waals surface area contributed by atoms with Gasteiger partial charge in [0.25, 0.3) is 5.91 Å². The van der Waals surface area contributed by atoms with Crippen LogP contribution in [0.25, 0.3) is 0 Å². The van der Waals surface area contributed by atoms with Crippen LogP contribution in [0.5, 0.6) is 0 Å². The number of carbonyl (C=O) groups excluding carboxylic acids is 2. The molecule has 0 spiro atoms. The van der Waals surface area contributed by atoms with Gasteiger partial charge in [-0.25, -0.2) is 4.79 Å². The third kappa shape index (κ3) is 3.19. The summed E-state index contributed by atoms with van der Waals surface area (Å²) >= 11 is 5.86. The number of hydrogen-bond donors (Lipinski definition) is 1. The fourth-order valence-corrected chi connectivity index (χ4v) is 2.38. The standard InChI is InChI=1S/C15H19ClN2O3/c1-10(2)21-9-8-18-13(19)15(3,17-14(18)20)11-4-6-12(16)7-5-11/h4-7,10H,8-9H2,1-3H3,(H,17,20). The highest BCUT2D eigenvalue weighted by Crippen LogP contribution is 2.29. The Morgan fingerprint density at radius 1 is 1.29 bits per heavy atom. The van der Waals surface area contributed by atoms with Crippen molar-refractivity contribution in [3.8, 4) is 0 Å². The first-order chi connectivity index (χ1) is 9.84. The summed E-state index contributed by atoms with van der Waals surface area (Å²) in [7, 11) is 0. The third-order valence-corrected chi connectivity index (χ3v) is 3.71. The molecule has 6 heteroatoms. The second-order valence-electron chi connectivity index (χ2n) is 5.44. The number of benzene rings is 1. The van der Waals surface area contributed by atoms with Crippen LogP contribution in [0.1, 0.15) is 26.3 Å². The van der Waals surface area contributed by atoms with Gasteiger partial charge < -0.3 is 10.1 Å². The summed E-state index contributed by atoms with van der Waals surface area (Å²) in [6.45, 7) is 6.08. The van der Waals surface area contributed by atoms with Gasteiger partial charge in [0.05, 0.1) is 19.3 Å². The Morgan fingerprint density at radius 2 is 1.90 bits per heavy atom. The number of halogens is 1. The van der Waals surface area contributed by atoms with E-state index in [1.54, 1.807) is 31.2 Å². The van der Waals surface area contributed by atoms with Gasteiger partial charge in [0.2, 0.25) is 0 Å². The smallest absolute Gasteiger partial charge is 0.325 e. The van der Waals surface area contributed by atoms with Crippen LogP contribution in [0, 0.1) is 0 Å². The van der Waals surface area contributed by atoms with Crippen molar-refractivity contribution in [2.75, 3.05) is 13.2 Å². The van der Waals surface area contributed by atoms with Crippen LogP contribution >= 0.6 is 11.6 Å². The molecule has 1 heterocycles. The van der Waals surface area contributed by atoms with Crippen molar-refractivity contribution in [1.29, 1.82) is 0 Å². The molecule has 1 N–H and O–H groups in total. The largest absolute Gasteiger partial charge is 0.377 e. The van der Waals surface area contributed by atoms with E-state index in [9.17, 15) is 9.59 Å². The maximum atomic E-state index is 12.6. The Morgan fingerprint density at radius 3 is 2.48 bits per heavy atom. The Balaban J connectivity index is 2.14. The van der Waals surface area contributed by atoms with Crippen molar-refractivity contribution in [3.63, 3.8) is 0 Å². The summed E-state index contributed by atoms with van der Waals surface area (Å²) < 4.78 is 5.40. The van der Waals surface area contributed by atoms with Crippen molar-refractivity contribution in [2.45, 2.75) is 32.4 Å². The number of nitrogens with zero attached hydrogens (tertiary/aromatic N) is 1. The lowest BCUT2D eigenvalue weighted by Gasteiger charge is -2.22. The lowest BCUT2D eigenvalue weighted by molar-refractivity contribution is -0.131. The lowest BCUT2D eigenvalue weighted by Crippen LogP contribution is -2.41. The molecule has 1 unspecified atom stereocenters. The minimum atomic E-state index is -1.06. The average Bonchev–Trinajstić information content (AvgIpc) is 2.63. The predicted octanol–water partition coefficient (Wildman–Crippen LogP) is 2.53. The van der Waals surface area contributed by atoms with Crippen LogP contribution in [-0.4, -0.2) is 36.1 Å². The topological polar surface area (TPSA) is 58.6 Å². The summed E-state index contributed by atoms with van der Waals surface area (Å²) in [6, 6.07) is 6.49. The fourth-order valence-electron chi connectivity index (χ4n) is 2.26. The number of nitrogens with one attached hydrogen (secondary N) is 1. The monoisotopic (exact) mass is 310 g/mol. The number of carbonyl (C=O) groups is 2. The molecule has 1 aliphatic heterocycles. The van der Waals surface area contributed by atoms with Crippen LogP contribution in [-0.2, 0) is 15.1 Å². The van der Waals surface area contributed by atoms with Crippen LogP contribution in [0.15, 0.2) is 24.3 Å². The second kappa shape index (κ2) is 6.03. The average molecular weight is 311 g/mol. The first kappa shape index (κ1) is 15.8. The second-order valence-corrected chi connectivity index (χ2v) is 5.87. The molecule has 1 aliphatic rings. The third-order valence-electron chi connectivity index (χ3n) is 3.46. The molecule has 1 fully saturated rings. The molecule has 2 rings (SSSR count). The number of rotatable bonds is 5. The summed E-state index contributed by atoms with van der Waals surface area (Å²) in [5.41, 5.74) is -0.350. The van der Waals surface area contributed by atoms with Gasteiger partial charge in [0, 0.05) is 5.02 Å². The fraction of sp³-hybridized carbons (Fsp3) is 0.467. The van der Waals surface area contributed by atoms with E-state index >= 15 is 0 Å².